The minimum absolute atomic E-state index is 0.449. The Bertz CT molecular complexity index is 2730. The first-order valence-electron chi connectivity index (χ1n) is 16.2. The van der Waals surface area contributed by atoms with E-state index in [2.05, 4.69) is 145 Å². The van der Waals surface area contributed by atoms with Crippen LogP contribution in [0.25, 0.3) is 88.9 Å². The summed E-state index contributed by atoms with van der Waals surface area (Å²) in [7, 11) is 0. The molecule has 0 bridgehead atoms. The van der Waals surface area contributed by atoms with Crippen molar-refractivity contribution in [1.82, 2.24) is 14.5 Å². The van der Waals surface area contributed by atoms with Crippen LogP contribution in [-0.2, 0) is 6.42 Å². The Morgan fingerprint density at radius 1 is 0.660 bits per heavy atom. The van der Waals surface area contributed by atoms with Crippen LogP contribution in [0.4, 0.5) is 0 Å². The lowest BCUT2D eigenvalue weighted by Gasteiger charge is -2.16. The molecular formula is C43H29N3O. The molecule has 1 atom stereocenters. The second-order valence-electron chi connectivity index (χ2n) is 12.7. The molecule has 0 amide bonds. The molecule has 0 fully saturated rings. The number of furan rings is 1. The fraction of sp³-hybridized carbons (Fsp3) is 0.0698. The standard InChI is InChI=1S/C43H29N3O/c1-26-18-21-37-34(24-26)32-16-9-15-31(29-20-22-38-35(25-29)40-30-13-6-5-10-27(30)19-23-39(40)47-38)42(32)46(37)43-44-36-17-8-7-14-33(36)41(45-43)28-11-3-2-4-12-28/h2-23,25-26H,24H2,1H3. The molecule has 4 nitrogen and oxygen atoms in total. The van der Waals surface area contributed by atoms with E-state index in [0.29, 0.717) is 11.9 Å². The topological polar surface area (TPSA) is 43.9 Å². The van der Waals surface area contributed by atoms with Gasteiger partial charge in [-0.15, -0.1) is 0 Å². The lowest BCUT2D eigenvalue weighted by Crippen LogP contribution is -2.09. The Hall–Kier alpha value is -6.00. The van der Waals surface area contributed by atoms with Gasteiger partial charge in [0.2, 0.25) is 5.95 Å². The van der Waals surface area contributed by atoms with E-state index in [0.717, 1.165) is 72.9 Å². The van der Waals surface area contributed by atoms with Crippen molar-refractivity contribution in [2.24, 2.45) is 5.92 Å². The number of allylic oxidation sites excluding steroid dienone is 1. The van der Waals surface area contributed by atoms with E-state index < -0.39 is 0 Å². The average molecular weight is 604 g/mol. The summed E-state index contributed by atoms with van der Waals surface area (Å²) in [6.07, 6.45) is 5.55. The van der Waals surface area contributed by atoms with Gasteiger partial charge in [0.15, 0.2) is 0 Å². The maximum Gasteiger partial charge on any atom is 0.235 e. The van der Waals surface area contributed by atoms with Crippen LogP contribution < -0.4 is 0 Å². The average Bonchev–Trinajstić information content (AvgIpc) is 3.67. The molecule has 6 aromatic carbocycles. The highest BCUT2D eigenvalue weighted by Gasteiger charge is 2.25. The van der Waals surface area contributed by atoms with Crippen LogP contribution in [0.15, 0.2) is 138 Å². The fourth-order valence-electron chi connectivity index (χ4n) is 7.59. The first kappa shape index (κ1) is 26.2. The molecule has 1 aliphatic rings. The molecule has 0 spiro atoms. The molecule has 3 aromatic heterocycles. The highest BCUT2D eigenvalue weighted by atomic mass is 16.3. The molecule has 3 heterocycles. The van der Waals surface area contributed by atoms with Crippen molar-refractivity contribution in [1.29, 1.82) is 0 Å². The molecule has 0 saturated heterocycles. The van der Waals surface area contributed by atoms with Crippen LogP contribution in [0.2, 0.25) is 0 Å². The molecule has 0 radical (unpaired) electrons. The maximum atomic E-state index is 6.37. The van der Waals surface area contributed by atoms with E-state index >= 15 is 0 Å². The van der Waals surface area contributed by atoms with Crippen LogP contribution >= 0.6 is 0 Å². The van der Waals surface area contributed by atoms with Crippen LogP contribution in [0.3, 0.4) is 0 Å². The summed E-state index contributed by atoms with van der Waals surface area (Å²) in [6.45, 7) is 2.29. The second-order valence-corrected chi connectivity index (χ2v) is 12.7. The first-order chi connectivity index (χ1) is 23.2. The van der Waals surface area contributed by atoms with Gasteiger partial charge in [-0.3, -0.25) is 4.57 Å². The van der Waals surface area contributed by atoms with Gasteiger partial charge in [-0.25, -0.2) is 9.97 Å². The van der Waals surface area contributed by atoms with Gasteiger partial charge in [-0.2, -0.15) is 0 Å². The number of aromatic nitrogens is 3. The molecule has 0 N–H and O–H groups in total. The molecular weight excluding hydrogens is 574 g/mol. The smallest absolute Gasteiger partial charge is 0.235 e. The maximum absolute atomic E-state index is 6.37. The summed E-state index contributed by atoms with van der Waals surface area (Å²) < 4.78 is 8.67. The third kappa shape index (κ3) is 3.95. The predicted molar refractivity (Wildman–Crippen MR) is 194 cm³/mol. The Morgan fingerprint density at radius 3 is 2.36 bits per heavy atom. The quantitative estimate of drug-likeness (QED) is 0.202. The molecule has 222 valence electrons. The SMILES string of the molecule is CC1C=Cc2c(c3cccc(-c4ccc5oc6ccc7ccccc7c6c5c4)c3n2-c2nc(-c3ccccc3)c3ccccc3n2)C1. The number of hydrogen-bond acceptors (Lipinski definition) is 3. The second kappa shape index (κ2) is 10.0. The summed E-state index contributed by atoms with van der Waals surface area (Å²) in [5.74, 6) is 1.13. The highest BCUT2D eigenvalue weighted by molar-refractivity contribution is 6.19. The minimum Gasteiger partial charge on any atom is -0.456 e. The number of fused-ring (bicyclic) bond motifs is 9. The molecule has 0 aliphatic heterocycles. The van der Waals surface area contributed by atoms with Crippen molar-refractivity contribution in [3.05, 3.63) is 145 Å². The van der Waals surface area contributed by atoms with E-state index in [4.69, 9.17) is 14.4 Å². The van der Waals surface area contributed by atoms with Gasteiger partial charge in [0.05, 0.1) is 22.4 Å². The van der Waals surface area contributed by atoms with Crippen LogP contribution in [0.1, 0.15) is 18.2 Å². The van der Waals surface area contributed by atoms with Gasteiger partial charge in [-0.1, -0.05) is 116 Å². The van der Waals surface area contributed by atoms with Crippen LogP contribution in [0, 0.1) is 5.92 Å². The monoisotopic (exact) mass is 603 g/mol. The van der Waals surface area contributed by atoms with Crippen molar-refractivity contribution in [3.63, 3.8) is 0 Å². The third-order valence-electron chi connectivity index (χ3n) is 9.75. The lowest BCUT2D eigenvalue weighted by atomic mass is 9.92. The highest BCUT2D eigenvalue weighted by Crippen LogP contribution is 2.42. The fourth-order valence-corrected chi connectivity index (χ4v) is 7.59. The van der Waals surface area contributed by atoms with Gasteiger partial charge < -0.3 is 4.42 Å². The summed E-state index contributed by atoms with van der Waals surface area (Å²) in [4.78, 5) is 10.6. The molecule has 0 saturated carbocycles. The molecule has 47 heavy (non-hydrogen) atoms. The first-order valence-corrected chi connectivity index (χ1v) is 16.2. The number of nitrogens with zero attached hydrogens (tertiary/aromatic N) is 3. The number of para-hydroxylation sites is 2. The number of hydrogen-bond donors (Lipinski definition) is 0. The van der Waals surface area contributed by atoms with E-state index in [1.807, 2.05) is 6.07 Å². The molecule has 10 rings (SSSR count). The number of rotatable bonds is 3. The van der Waals surface area contributed by atoms with Crippen molar-refractivity contribution in [3.8, 4) is 28.3 Å². The zero-order valence-electron chi connectivity index (χ0n) is 25.8. The van der Waals surface area contributed by atoms with Crippen LogP contribution in [0.5, 0.6) is 0 Å². The van der Waals surface area contributed by atoms with Crippen molar-refractivity contribution in [2.75, 3.05) is 0 Å². The zero-order valence-corrected chi connectivity index (χ0v) is 25.8. The minimum atomic E-state index is 0.449. The van der Waals surface area contributed by atoms with E-state index in [-0.39, 0.29) is 0 Å². The predicted octanol–water partition coefficient (Wildman–Crippen LogP) is 11.2. The Balaban J connectivity index is 1.29. The van der Waals surface area contributed by atoms with Crippen molar-refractivity contribution < 1.29 is 4.42 Å². The van der Waals surface area contributed by atoms with Gasteiger partial charge in [0.1, 0.15) is 11.2 Å². The van der Waals surface area contributed by atoms with Gasteiger partial charge >= 0.3 is 0 Å². The van der Waals surface area contributed by atoms with Crippen molar-refractivity contribution >= 4 is 60.6 Å². The van der Waals surface area contributed by atoms with Gasteiger partial charge in [0.25, 0.3) is 0 Å². The molecule has 1 aliphatic carbocycles. The Kier molecular flexibility index (Phi) is 5.58. The Morgan fingerprint density at radius 2 is 1.45 bits per heavy atom. The summed E-state index contributed by atoms with van der Waals surface area (Å²) >= 11 is 0. The van der Waals surface area contributed by atoms with Crippen LogP contribution in [-0.4, -0.2) is 14.5 Å². The van der Waals surface area contributed by atoms with E-state index in [9.17, 15) is 0 Å². The summed E-state index contributed by atoms with van der Waals surface area (Å²) in [5.41, 5.74) is 10.6. The number of benzene rings is 6. The third-order valence-corrected chi connectivity index (χ3v) is 9.75. The van der Waals surface area contributed by atoms with Gasteiger partial charge in [0, 0.05) is 32.7 Å². The zero-order chi connectivity index (χ0) is 31.1. The normalized spacial score (nSPS) is 14.5. The molecule has 9 aromatic rings. The summed E-state index contributed by atoms with van der Waals surface area (Å²) in [6, 6.07) is 44.8. The lowest BCUT2D eigenvalue weighted by molar-refractivity contribution is 0.669. The summed E-state index contributed by atoms with van der Waals surface area (Å²) in [5, 5.41) is 6.98. The van der Waals surface area contributed by atoms with E-state index in [1.165, 1.54) is 21.7 Å². The van der Waals surface area contributed by atoms with Gasteiger partial charge in [-0.05, 0) is 64.6 Å². The van der Waals surface area contributed by atoms with Crippen molar-refractivity contribution in [2.45, 2.75) is 13.3 Å². The van der Waals surface area contributed by atoms with E-state index in [1.54, 1.807) is 0 Å². The Labute approximate surface area is 271 Å². The molecule has 1 unspecified atom stereocenters. The molecule has 4 heteroatoms. The largest absolute Gasteiger partial charge is 0.456 e.